The van der Waals surface area contributed by atoms with Crippen LogP contribution in [0.4, 0.5) is 0 Å². The van der Waals surface area contributed by atoms with Gasteiger partial charge in [-0.25, -0.2) is 4.98 Å². The van der Waals surface area contributed by atoms with Crippen LogP contribution >= 0.6 is 0 Å². The molecule has 6 heteroatoms. The summed E-state index contributed by atoms with van der Waals surface area (Å²) in [5.41, 5.74) is 4.92. The number of rotatable bonds is 6. The number of nitrogens with one attached hydrogen (secondary N) is 2. The fourth-order valence-electron chi connectivity index (χ4n) is 2.85. The summed E-state index contributed by atoms with van der Waals surface area (Å²) >= 11 is 0. The highest BCUT2D eigenvalue weighted by Crippen LogP contribution is 2.13. The zero-order chi connectivity index (χ0) is 17.1. The Bertz CT molecular complexity index is 796. The van der Waals surface area contributed by atoms with E-state index in [-0.39, 0.29) is 5.91 Å². The average Bonchev–Trinajstić information content (AvgIpc) is 3.12. The normalized spacial score (nSPS) is 11.1. The number of amides is 1. The number of fused-ring (bicyclic) bond motifs is 1. The average molecular weight is 325 g/mol. The molecular weight excluding hydrogens is 302 g/mol. The van der Waals surface area contributed by atoms with Crippen molar-refractivity contribution in [1.82, 2.24) is 25.1 Å². The van der Waals surface area contributed by atoms with Gasteiger partial charge in [-0.15, -0.1) is 0 Å². The van der Waals surface area contributed by atoms with Crippen LogP contribution in [0, 0.1) is 13.8 Å². The van der Waals surface area contributed by atoms with Crippen LogP contribution in [-0.2, 0) is 17.6 Å². The number of carbonyl (C=O) groups excluding carboxylic acids is 1. The third kappa shape index (κ3) is 3.48. The number of aryl methyl sites for hydroxylation is 3. The van der Waals surface area contributed by atoms with E-state index in [1.165, 1.54) is 0 Å². The molecular formula is C18H23N5O. The van der Waals surface area contributed by atoms with E-state index in [0.29, 0.717) is 13.0 Å². The fourth-order valence-corrected chi connectivity index (χ4v) is 2.85. The Morgan fingerprint density at radius 3 is 2.75 bits per heavy atom. The third-order valence-corrected chi connectivity index (χ3v) is 4.38. The number of aromatic amines is 2. The highest BCUT2D eigenvalue weighted by atomic mass is 16.2. The topological polar surface area (TPSA) is 77.7 Å². The summed E-state index contributed by atoms with van der Waals surface area (Å²) in [4.78, 5) is 22.0. The van der Waals surface area contributed by atoms with Crippen molar-refractivity contribution < 1.29 is 4.79 Å². The number of hydrogen-bond donors (Lipinski definition) is 2. The van der Waals surface area contributed by atoms with Crippen LogP contribution in [0.1, 0.15) is 29.2 Å². The van der Waals surface area contributed by atoms with Gasteiger partial charge in [0.2, 0.25) is 5.91 Å². The molecule has 0 atom stereocenters. The maximum Gasteiger partial charge on any atom is 0.226 e. The van der Waals surface area contributed by atoms with E-state index in [9.17, 15) is 4.79 Å². The number of para-hydroxylation sites is 2. The number of nitrogens with zero attached hydrogens (tertiary/aromatic N) is 3. The quantitative estimate of drug-likeness (QED) is 0.731. The van der Waals surface area contributed by atoms with Crippen molar-refractivity contribution in [2.24, 2.45) is 0 Å². The lowest BCUT2D eigenvalue weighted by Gasteiger charge is -2.17. The molecule has 0 unspecified atom stereocenters. The SMILES string of the molecule is Cc1n[nH]c(C)c1CC(=O)N(C)CCCc1nc2ccccc2[nH]1. The summed E-state index contributed by atoms with van der Waals surface area (Å²) in [7, 11) is 1.85. The Balaban J connectivity index is 1.51. The van der Waals surface area contributed by atoms with Crippen molar-refractivity contribution in [3.63, 3.8) is 0 Å². The predicted octanol–water partition coefficient (Wildman–Crippen LogP) is 2.54. The van der Waals surface area contributed by atoms with Gasteiger partial charge in [-0.05, 0) is 32.4 Å². The van der Waals surface area contributed by atoms with Crippen molar-refractivity contribution in [2.75, 3.05) is 13.6 Å². The lowest BCUT2D eigenvalue weighted by atomic mass is 10.1. The first kappa shape index (κ1) is 16.2. The molecule has 1 amide bonds. The van der Waals surface area contributed by atoms with Gasteiger partial charge in [0.15, 0.2) is 0 Å². The standard InChI is InChI=1S/C18H23N5O/c1-12-14(13(2)22-21-12)11-18(24)23(3)10-6-9-17-19-15-7-4-5-8-16(15)20-17/h4-5,7-8H,6,9-11H2,1-3H3,(H,19,20)(H,21,22). The molecule has 0 radical (unpaired) electrons. The Morgan fingerprint density at radius 1 is 1.25 bits per heavy atom. The van der Waals surface area contributed by atoms with Crippen LogP contribution in [0.15, 0.2) is 24.3 Å². The van der Waals surface area contributed by atoms with Crippen LogP contribution in [0.25, 0.3) is 11.0 Å². The summed E-state index contributed by atoms with van der Waals surface area (Å²) in [6.07, 6.45) is 2.11. The monoisotopic (exact) mass is 325 g/mol. The number of H-pyrrole nitrogens is 2. The molecule has 3 rings (SSSR count). The number of hydrogen-bond acceptors (Lipinski definition) is 3. The van der Waals surface area contributed by atoms with Gasteiger partial charge in [0.1, 0.15) is 5.82 Å². The van der Waals surface area contributed by atoms with Crippen LogP contribution in [-0.4, -0.2) is 44.6 Å². The Kier molecular flexibility index (Phi) is 4.64. The largest absolute Gasteiger partial charge is 0.345 e. The Hall–Kier alpha value is -2.63. The number of benzene rings is 1. The summed E-state index contributed by atoms with van der Waals surface area (Å²) in [6.45, 7) is 4.59. The predicted molar refractivity (Wildman–Crippen MR) is 93.8 cm³/mol. The maximum atomic E-state index is 12.4. The minimum Gasteiger partial charge on any atom is -0.345 e. The van der Waals surface area contributed by atoms with Gasteiger partial charge in [-0.2, -0.15) is 5.10 Å². The lowest BCUT2D eigenvalue weighted by Crippen LogP contribution is -2.29. The molecule has 0 aliphatic carbocycles. The first-order valence-corrected chi connectivity index (χ1v) is 8.22. The van der Waals surface area contributed by atoms with Crippen LogP contribution in [0.3, 0.4) is 0 Å². The van der Waals surface area contributed by atoms with Crippen molar-refractivity contribution in [3.8, 4) is 0 Å². The Labute approximate surface area is 141 Å². The van der Waals surface area contributed by atoms with Gasteiger partial charge in [0.25, 0.3) is 0 Å². The Morgan fingerprint density at radius 2 is 2.04 bits per heavy atom. The molecule has 2 N–H and O–H groups in total. The minimum atomic E-state index is 0.118. The summed E-state index contributed by atoms with van der Waals surface area (Å²) < 4.78 is 0. The van der Waals surface area contributed by atoms with Gasteiger partial charge >= 0.3 is 0 Å². The van der Waals surface area contributed by atoms with E-state index in [2.05, 4.69) is 20.2 Å². The molecule has 0 aliphatic rings. The molecule has 0 fully saturated rings. The molecule has 1 aromatic carbocycles. The van der Waals surface area contributed by atoms with Crippen LogP contribution in [0.5, 0.6) is 0 Å². The van der Waals surface area contributed by atoms with Crippen LogP contribution in [0.2, 0.25) is 0 Å². The highest BCUT2D eigenvalue weighted by Gasteiger charge is 2.15. The van der Waals surface area contributed by atoms with Gasteiger partial charge in [-0.3, -0.25) is 9.89 Å². The lowest BCUT2D eigenvalue weighted by molar-refractivity contribution is -0.129. The molecule has 0 spiro atoms. The van der Waals surface area contributed by atoms with E-state index in [1.807, 2.05) is 45.2 Å². The first-order valence-electron chi connectivity index (χ1n) is 8.22. The maximum absolute atomic E-state index is 12.4. The molecule has 24 heavy (non-hydrogen) atoms. The minimum absolute atomic E-state index is 0.118. The van der Waals surface area contributed by atoms with E-state index in [0.717, 1.165) is 46.7 Å². The van der Waals surface area contributed by atoms with Gasteiger partial charge in [0, 0.05) is 31.3 Å². The molecule has 126 valence electrons. The second kappa shape index (κ2) is 6.86. The number of aromatic nitrogens is 4. The molecule has 2 heterocycles. The van der Waals surface area contributed by atoms with E-state index in [4.69, 9.17) is 0 Å². The van der Waals surface area contributed by atoms with Crippen LogP contribution < -0.4 is 0 Å². The van der Waals surface area contributed by atoms with E-state index < -0.39 is 0 Å². The second-order valence-electron chi connectivity index (χ2n) is 6.21. The zero-order valence-corrected chi connectivity index (χ0v) is 14.4. The van der Waals surface area contributed by atoms with E-state index in [1.54, 1.807) is 4.90 Å². The molecule has 2 aromatic heterocycles. The second-order valence-corrected chi connectivity index (χ2v) is 6.21. The van der Waals surface area contributed by atoms with Crippen molar-refractivity contribution >= 4 is 16.9 Å². The molecule has 0 saturated heterocycles. The molecule has 6 nitrogen and oxygen atoms in total. The van der Waals surface area contributed by atoms with Crippen molar-refractivity contribution in [2.45, 2.75) is 33.1 Å². The zero-order valence-electron chi connectivity index (χ0n) is 14.4. The van der Waals surface area contributed by atoms with E-state index >= 15 is 0 Å². The fraction of sp³-hybridized carbons (Fsp3) is 0.389. The van der Waals surface area contributed by atoms with Gasteiger partial charge < -0.3 is 9.88 Å². The third-order valence-electron chi connectivity index (χ3n) is 4.38. The summed E-state index contributed by atoms with van der Waals surface area (Å²) in [5.74, 6) is 1.09. The number of imidazole rings is 1. The number of likely N-dealkylation sites (N-methyl/N-ethyl adjacent to an activating group) is 1. The molecule has 0 bridgehead atoms. The first-order chi connectivity index (χ1) is 11.5. The number of carbonyl (C=O) groups is 1. The summed E-state index contributed by atoms with van der Waals surface area (Å²) in [5, 5.41) is 7.07. The molecule has 3 aromatic rings. The van der Waals surface area contributed by atoms with Gasteiger partial charge in [0.05, 0.1) is 23.1 Å². The highest BCUT2D eigenvalue weighted by molar-refractivity contribution is 5.79. The van der Waals surface area contributed by atoms with Crippen molar-refractivity contribution in [3.05, 3.63) is 47.0 Å². The molecule has 0 aliphatic heterocycles. The molecule has 0 saturated carbocycles. The van der Waals surface area contributed by atoms with Gasteiger partial charge in [-0.1, -0.05) is 12.1 Å². The smallest absolute Gasteiger partial charge is 0.226 e. The van der Waals surface area contributed by atoms with Crippen molar-refractivity contribution in [1.29, 1.82) is 0 Å². The summed E-state index contributed by atoms with van der Waals surface area (Å²) in [6, 6.07) is 8.01.